The van der Waals surface area contributed by atoms with Crippen molar-refractivity contribution in [3.63, 3.8) is 0 Å². The minimum atomic E-state index is -1.01. The molecule has 1 heterocycles. The van der Waals surface area contributed by atoms with E-state index in [4.69, 9.17) is 5.11 Å². The fourth-order valence-electron chi connectivity index (χ4n) is 1.18. The molecule has 4 nitrogen and oxygen atoms in total. The molecule has 1 amide bonds. The Kier molecular flexibility index (Phi) is 4.45. The molecular weight excluding hydrogens is 238 g/mol. The number of nitrogens with zero attached hydrogens (tertiary/aromatic N) is 1. The molecule has 0 spiro atoms. The number of thiophene rings is 1. The van der Waals surface area contributed by atoms with Gasteiger partial charge in [0.05, 0.1) is 0 Å². The van der Waals surface area contributed by atoms with E-state index in [9.17, 15) is 9.59 Å². The number of rotatable bonds is 4. The van der Waals surface area contributed by atoms with E-state index in [0.717, 1.165) is 10.4 Å². The zero-order valence-corrected chi connectivity index (χ0v) is 10.8. The molecule has 17 heavy (non-hydrogen) atoms. The quantitative estimate of drug-likeness (QED) is 0.835. The van der Waals surface area contributed by atoms with Crippen LogP contribution in [0.4, 0.5) is 0 Å². The first kappa shape index (κ1) is 13.4. The van der Waals surface area contributed by atoms with Crippen molar-refractivity contribution in [3.05, 3.63) is 28.0 Å². The van der Waals surface area contributed by atoms with Crippen molar-refractivity contribution in [3.8, 4) is 0 Å². The molecule has 92 valence electrons. The third kappa shape index (κ3) is 3.42. The number of carbonyl (C=O) groups excluding carboxylic acids is 1. The molecule has 0 saturated carbocycles. The lowest BCUT2D eigenvalue weighted by molar-refractivity contribution is -0.146. The summed E-state index contributed by atoms with van der Waals surface area (Å²) in [6, 6.07) is 1.15. The molecule has 0 fully saturated rings. The molecule has 1 atom stereocenters. The Bertz CT molecular complexity index is 450. The van der Waals surface area contributed by atoms with Gasteiger partial charge in [-0.3, -0.25) is 4.79 Å². The van der Waals surface area contributed by atoms with Crippen molar-refractivity contribution in [2.75, 3.05) is 7.05 Å². The van der Waals surface area contributed by atoms with Crippen LogP contribution in [0, 0.1) is 6.92 Å². The number of aliphatic carboxylic acids is 1. The molecule has 1 N–H and O–H groups in total. The number of carboxylic acids is 1. The van der Waals surface area contributed by atoms with Crippen LogP contribution in [0.2, 0.25) is 0 Å². The normalized spacial score (nSPS) is 12.6. The summed E-state index contributed by atoms with van der Waals surface area (Å²) < 4.78 is 0. The second-order valence-corrected chi connectivity index (χ2v) is 4.71. The zero-order chi connectivity index (χ0) is 13.0. The van der Waals surface area contributed by atoms with Crippen LogP contribution in [0.5, 0.6) is 0 Å². The first-order valence-corrected chi connectivity index (χ1v) is 6.03. The molecule has 1 rings (SSSR count). The third-order valence-electron chi connectivity index (χ3n) is 2.56. The lowest BCUT2D eigenvalue weighted by atomic mass is 10.2. The van der Waals surface area contributed by atoms with Crippen LogP contribution < -0.4 is 0 Å². The number of likely N-dealkylation sites (N-methyl/N-ethyl adjacent to an activating group) is 1. The topological polar surface area (TPSA) is 57.6 Å². The smallest absolute Gasteiger partial charge is 0.326 e. The molecule has 0 aromatic carbocycles. The van der Waals surface area contributed by atoms with E-state index < -0.39 is 12.0 Å². The van der Waals surface area contributed by atoms with Gasteiger partial charge in [0.15, 0.2) is 0 Å². The summed E-state index contributed by atoms with van der Waals surface area (Å²) in [5.74, 6) is -1.32. The highest BCUT2D eigenvalue weighted by molar-refractivity contribution is 7.11. The van der Waals surface area contributed by atoms with E-state index in [-0.39, 0.29) is 5.91 Å². The Balaban J connectivity index is 2.70. The van der Waals surface area contributed by atoms with Crippen LogP contribution in [-0.4, -0.2) is 35.0 Å². The molecule has 5 heteroatoms. The van der Waals surface area contributed by atoms with Gasteiger partial charge in [0.2, 0.25) is 5.91 Å². The summed E-state index contributed by atoms with van der Waals surface area (Å²) >= 11 is 1.54. The summed E-state index contributed by atoms with van der Waals surface area (Å²) in [5, 5.41) is 10.7. The molecule has 1 aromatic heterocycles. The van der Waals surface area contributed by atoms with Gasteiger partial charge in [0, 0.05) is 18.0 Å². The van der Waals surface area contributed by atoms with Gasteiger partial charge in [-0.05, 0) is 36.9 Å². The van der Waals surface area contributed by atoms with E-state index >= 15 is 0 Å². The van der Waals surface area contributed by atoms with E-state index in [0.29, 0.717) is 0 Å². The van der Waals surface area contributed by atoms with Gasteiger partial charge in [-0.25, -0.2) is 4.79 Å². The number of hydrogen-bond acceptors (Lipinski definition) is 3. The van der Waals surface area contributed by atoms with Gasteiger partial charge >= 0.3 is 5.97 Å². The van der Waals surface area contributed by atoms with Crippen LogP contribution in [0.1, 0.15) is 17.4 Å². The molecule has 0 aliphatic heterocycles. The predicted molar refractivity (Wildman–Crippen MR) is 68.0 cm³/mol. The molecule has 0 bridgehead atoms. The van der Waals surface area contributed by atoms with Gasteiger partial charge in [-0.2, -0.15) is 0 Å². The van der Waals surface area contributed by atoms with Gasteiger partial charge in [0.1, 0.15) is 6.04 Å². The Hall–Kier alpha value is -1.62. The monoisotopic (exact) mass is 253 g/mol. The second kappa shape index (κ2) is 5.63. The number of carbonyl (C=O) groups is 2. The summed E-state index contributed by atoms with van der Waals surface area (Å²) in [4.78, 5) is 24.6. The van der Waals surface area contributed by atoms with Crippen molar-refractivity contribution < 1.29 is 14.7 Å². The van der Waals surface area contributed by atoms with Crippen molar-refractivity contribution in [1.82, 2.24) is 4.90 Å². The SMILES string of the molecule is Cc1ccsc1/C=C/C(=O)N(C)C(C)C(=O)O. The average Bonchev–Trinajstić information content (AvgIpc) is 2.69. The Morgan fingerprint density at radius 1 is 1.53 bits per heavy atom. The molecule has 0 aliphatic rings. The highest BCUT2D eigenvalue weighted by Crippen LogP contribution is 2.17. The van der Waals surface area contributed by atoms with Gasteiger partial charge in [0.25, 0.3) is 0 Å². The first-order valence-electron chi connectivity index (χ1n) is 5.15. The molecule has 1 aromatic rings. The lowest BCUT2D eigenvalue weighted by Crippen LogP contribution is -2.39. The maximum Gasteiger partial charge on any atom is 0.326 e. The number of carboxylic acid groups (broad SMARTS) is 1. The van der Waals surface area contributed by atoms with Crippen molar-refractivity contribution in [1.29, 1.82) is 0 Å². The highest BCUT2D eigenvalue weighted by Gasteiger charge is 2.19. The van der Waals surface area contributed by atoms with Gasteiger partial charge in [-0.15, -0.1) is 11.3 Å². The standard InChI is InChI=1S/C12H15NO3S/c1-8-6-7-17-10(8)4-5-11(14)13(3)9(2)12(15)16/h4-7,9H,1-3H3,(H,15,16)/b5-4+. The summed E-state index contributed by atoms with van der Waals surface area (Å²) in [6.07, 6.45) is 3.12. The Labute approximate surface area is 104 Å². The largest absolute Gasteiger partial charge is 0.480 e. The molecular formula is C12H15NO3S. The molecule has 0 aliphatic carbocycles. The summed E-state index contributed by atoms with van der Waals surface area (Å²) in [7, 11) is 1.48. The van der Waals surface area contributed by atoms with Crippen LogP contribution >= 0.6 is 11.3 Å². The zero-order valence-electron chi connectivity index (χ0n) is 10.0. The predicted octanol–water partition coefficient (Wildman–Crippen LogP) is 2.00. The fourth-order valence-corrected chi connectivity index (χ4v) is 2.00. The Morgan fingerprint density at radius 2 is 2.18 bits per heavy atom. The van der Waals surface area contributed by atoms with Crippen LogP contribution in [-0.2, 0) is 9.59 Å². The molecule has 0 radical (unpaired) electrons. The Morgan fingerprint density at radius 3 is 2.65 bits per heavy atom. The maximum absolute atomic E-state index is 11.7. The minimum Gasteiger partial charge on any atom is -0.480 e. The van der Waals surface area contributed by atoms with Crippen molar-refractivity contribution >= 4 is 29.3 Å². The van der Waals surface area contributed by atoms with Gasteiger partial charge in [-0.1, -0.05) is 0 Å². The second-order valence-electron chi connectivity index (χ2n) is 3.76. The van der Waals surface area contributed by atoms with Crippen LogP contribution in [0.3, 0.4) is 0 Å². The van der Waals surface area contributed by atoms with Crippen LogP contribution in [0.25, 0.3) is 6.08 Å². The highest BCUT2D eigenvalue weighted by atomic mass is 32.1. The van der Waals surface area contributed by atoms with Crippen molar-refractivity contribution in [2.24, 2.45) is 0 Å². The number of aryl methyl sites for hydroxylation is 1. The van der Waals surface area contributed by atoms with E-state index in [2.05, 4.69) is 0 Å². The first-order chi connectivity index (χ1) is 7.93. The lowest BCUT2D eigenvalue weighted by Gasteiger charge is -2.19. The minimum absolute atomic E-state index is 0.312. The third-order valence-corrected chi connectivity index (χ3v) is 3.55. The number of amides is 1. The van der Waals surface area contributed by atoms with Gasteiger partial charge < -0.3 is 10.0 Å². The summed E-state index contributed by atoms with van der Waals surface area (Å²) in [6.45, 7) is 3.44. The van der Waals surface area contributed by atoms with Crippen molar-refractivity contribution in [2.45, 2.75) is 19.9 Å². The van der Waals surface area contributed by atoms with Crippen LogP contribution in [0.15, 0.2) is 17.5 Å². The fraction of sp³-hybridized carbons (Fsp3) is 0.333. The van der Waals surface area contributed by atoms with E-state index in [1.54, 1.807) is 17.4 Å². The maximum atomic E-state index is 11.7. The van der Waals surface area contributed by atoms with E-state index in [1.807, 2.05) is 18.4 Å². The van der Waals surface area contributed by atoms with E-state index in [1.165, 1.54) is 24.9 Å². The molecule has 1 unspecified atom stereocenters. The summed E-state index contributed by atoms with van der Waals surface area (Å²) in [5.41, 5.74) is 1.10. The average molecular weight is 253 g/mol. The molecule has 0 saturated heterocycles. The number of hydrogen-bond donors (Lipinski definition) is 1.